The first kappa shape index (κ1) is 16.7. The molecule has 0 unspecified atom stereocenters. The molecule has 2 heterocycles. The summed E-state index contributed by atoms with van der Waals surface area (Å²) < 4.78 is 13.9. The number of anilines is 2. The minimum absolute atomic E-state index is 0.194. The van der Waals surface area contributed by atoms with E-state index in [0.717, 1.165) is 61.3 Å². The van der Waals surface area contributed by atoms with Crippen molar-refractivity contribution in [2.75, 3.05) is 24.1 Å². The predicted molar refractivity (Wildman–Crippen MR) is 96.7 cm³/mol. The van der Waals surface area contributed by atoms with Crippen LogP contribution in [0.15, 0.2) is 30.3 Å². The van der Waals surface area contributed by atoms with Crippen LogP contribution in [0.1, 0.15) is 29.7 Å². The van der Waals surface area contributed by atoms with Crippen LogP contribution in [0.25, 0.3) is 0 Å². The van der Waals surface area contributed by atoms with E-state index in [1.165, 1.54) is 0 Å². The molecule has 0 spiro atoms. The fraction of sp³-hybridized carbons (Fsp3) is 0.421. The maximum absolute atomic E-state index is 13.9. The van der Waals surface area contributed by atoms with Crippen LogP contribution in [0.2, 0.25) is 0 Å². The van der Waals surface area contributed by atoms with E-state index in [-0.39, 0.29) is 5.82 Å². The number of nitrogens with one attached hydrogen (secondary N) is 2. The van der Waals surface area contributed by atoms with Gasteiger partial charge in [0.25, 0.3) is 0 Å². The van der Waals surface area contributed by atoms with E-state index in [9.17, 15) is 4.39 Å². The number of nitrogens with two attached hydrogens (primary N) is 1. The summed E-state index contributed by atoms with van der Waals surface area (Å²) in [6.07, 6.45) is 3.63. The molecule has 0 bridgehead atoms. The van der Waals surface area contributed by atoms with Gasteiger partial charge in [0.2, 0.25) is 0 Å². The number of pyridine rings is 1. The summed E-state index contributed by atoms with van der Waals surface area (Å²) in [6, 6.07) is 9.53. The van der Waals surface area contributed by atoms with E-state index >= 15 is 0 Å². The topological polar surface area (TPSA) is 63.0 Å². The van der Waals surface area contributed by atoms with E-state index in [4.69, 9.17) is 5.73 Å². The van der Waals surface area contributed by atoms with Crippen molar-refractivity contribution in [3.05, 3.63) is 53.0 Å². The quantitative estimate of drug-likeness (QED) is 0.789. The van der Waals surface area contributed by atoms with E-state index in [2.05, 4.69) is 15.6 Å². The van der Waals surface area contributed by atoms with E-state index < -0.39 is 0 Å². The molecule has 0 amide bonds. The first-order chi connectivity index (χ1) is 11.6. The molecule has 1 aliphatic rings. The smallest absolute Gasteiger partial charge is 0.125 e. The zero-order valence-corrected chi connectivity index (χ0v) is 14.1. The van der Waals surface area contributed by atoms with Crippen LogP contribution in [0.4, 0.5) is 15.9 Å². The van der Waals surface area contributed by atoms with Crippen LogP contribution in [0, 0.1) is 12.7 Å². The maximum atomic E-state index is 13.9. The van der Waals surface area contributed by atoms with Crippen molar-refractivity contribution in [1.29, 1.82) is 0 Å². The fourth-order valence-electron chi connectivity index (χ4n) is 3.25. The first-order valence-corrected chi connectivity index (χ1v) is 8.58. The summed E-state index contributed by atoms with van der Waals surface area (Å²) in [5.41, 5.74) is 9.69. The Morgan fingerprint density at radius 3 is 2.71 bits per heavy atom. The molecule has 2 aromatic rings. The Balaban J connectivity index is 1.66. The summed E-state index contributed by atoms with van der Waals surface area (Å²) in [4.78, 5) is 4.35. The Kier molecular flexibility index (Phi) is 5.30. The highest BCUT2D eigenvalue weighted by Gasteiger charge is 2.13. The lowest BCUT2D eigenvalue weighted by Crippen LogP contribution is -2.35. The molecule has 1 aliphatic heterocycles. The Labute approximate surface area is 142 Å². The van der Waals surface area contributed by atoms with Gasteiger partial charge in [-0.25, -0.2) is 9.37 Å². The number of halogens is 1. The average Bonchev–Trinajstić information content (AvgIpc) is 2.52. The third-order valence-corrected chi connectivity index (χ3v) is 4.38. The van der Waals surface area contributed by atoms with Gasteiger partial charge in [-0.15, -0.1) is 0 Å². The number of rotatable bonds is 5. The third-order valence-electron chi connectivity index (χ3n) is 4.38. The number of nitrogen functional groups attached to an aromatic ring is 1. The van der Waals surface area contributed by atoms with Crippen LogP contribution in [0.3, 0.4) is 0 Å². The van der Waals surface area contributed by atoms with Gasteiger partial charge in [0.05, 0.1) is 0 Å². The second-order valence-electron chi connectivity index (χ2n) is 6.58. The van der Waals surface area contributed by atoms with E-state index in [0.29, 0.717) is 11.9 Å². The summed E-state index contributed by atoms with van der Waals surface area (Å²) in [7, 11) is 0. The third kappa shape index (κ3) is 4.68. The molecule has 4 nitrogen and oxygen atoms in total. The Bertz CT molecular complexity index is 676. The molecule has 1 aromatic heterocycles. The minimum Gasteiger partial charge on any atom is -0.384 e. The molecule has 1 aromatic carbocycles. The zero-order chi connectivity index (χ0) is 16.9. The predicted octanol–water partition coefficient (Wildman–Crippen LogP) is 3.06. The van der Waals surface area contributed by atoms with Crippen molar-refractivity contribution in [3.8, 4) is 0 Å². The number of nitrogens with zero attached hydrogens (tertiary/aromatic N) is 1. The molecule has 5 heteroatoms. The average molecular weight is 328 g/mol. The molecule has 3 rings (SSSR count). The van der Waals surface area contributed by atoms with Crippen molar-refractivity contribution in [2.24, 2.45) is 0 Å². The minimum atomic E-state index is -0.194. The number of aromatic nitrogens is 1. The standard InChI is InChI=1S/C19H25FN4/c1-13-8-17(24-19(21)9-13)3-2-14-10-15(20)12-18(11-14)23-16-4-6-22-7-5-16/h8-12,16,22-23H,2-7H2,1H3,(H2,21,24). The molecule has 0 saturated carbocycles. The van der Waals surface area contributed by atoms with Gasteiger partial charge in [0.15, 0.2) is 0 Å². The van der Waals surface area contributed by atoms with Gasteiger partial charge in [-0.05, 0) is 87.2 Å². The van der Waals surface area contributed by atoms with E-state index in [1.54, 1.807) is 12.1 Å². The number of piperidine rings is 1. The molecule has 1 saturated heterocycles. The highest BCUT2D eigenvalue weighted by atomic mass is 19.1. The normalized spacial score (nSPS) is 15.4. The molecule has 0 aliphatic carbocycles. The molecular weight excluding hydrogens is 303 g/mol. The largest absolute Gasteiger partial charge is 0.384 e. The van der Waals surface area contributed by atoms with Gasteiger partial charge >= 0.3 is 0 Å². The highest BCUT2D eigenvalue weighted by Crippen LogP contribution is 2.19. The lowest BCUT2D eigenvalue weighted by Gasteiger charge is -2.25. The molecule has 0 radical (unpaired) electrons. The van der Waals surface area contributed by atoms with Crippen LogP contribution >= 0.6 is 0 Å². The van der Waals surface area contributed by atoms with Gasteiger partial charge in [0, 0.05) is 17.4 Å². The summed E-state index contributed by atoms with van der Waals surface area (Å²) in [5, 5.41) is 6.80. The maximum Gasteiger partial charge on any atom is 0.125 e. The second kappa shape index (κ2) is 7.62. The van der Waals surface area contributed by atoms with Crippen molar-refractivity contribution in [3.63, 3.8) is 0 Å². The van der Waals surface area contributed by atoms with Crippen LogP contribution < -0.4 is 16.4 Å². The summed E-state index contributed by atoms with van der Waals surface area (Å²) >= 11 is 0. The summed E-state index contributed by atoms with van der Waals surface area (Å²) in [6.45, 7) is 4.03. The molecular formula is C19H25FN4. The second-order valence-corrected chi connectivity index (χ2v) is 6.58. The lowest BCUT2D eigenvalue weighted by molar-refractivity contribution is 0.479. The van der Waals surface area contributed by atoms with Crippen molar-refractivity contribution in [2.45, 2.75) is 38.6 Å². The van der Waals surface area contributed by atoms with Gasteiger partial charge in [-0.3, -0.25) is 0 Å². The van der Waals surface area contributed by atoms with Crippen molar-refractivity contribution >= 4 is 11.5 Å². The molecule has 1 fully saturated rings. The lowest BCUT2D eigenvalue weighted by atomic mass is 10.0. The van der Waals surface area contributed by atoms with Gasteiger partial charge < -0.3 is 16.4 Å². The van der Waals surface area contributed by atoms with Gasteiger partial charge in [0.1, 0.15) is 11.6 Å². The monoisotopic (exact) mass is 328 g/mol. The Morgan fingerprint density at radius 2 is 1.96 bits per heavy atom. The number of aryl methyl sites for hydroxylation is 3. The Morgan fingerprint density at radius 1 is 1.17 bits per heavy atom. The van der Waals surface area contributed by atoms with Gasteiger partial charge in [-0.1, -0.05) is 0 Å². The number of hydrogen-bond donors (Lipinski definition) is 3. The highest BCUT2D eigenvalue weighted by molar-refractivity contribution is 5.47. The summed E-state index contributed by atoms with van der Waals surface area (Å²) in [5.74, 6) is 0.346. The van der Waals surface area contributed by atoms with Crippen LogP contribution in [-0.4, -0.2) is 24.1 Å². The molecule has 4 N–H and O–H groups in total. The number of hydrogen-bond acceptors (Lipinski definition) is 4. The van der Waals surface area contributed by atoms with Crippen LogP contribution in [0.5, 0.6) is 0 Å². The first-order valence-electron chi connectivity index (χ1n) is 8.58. The van der Waals surface area contributed by atoms with Crippen molar-refractivity contribution in [1.82, 2.24) is 10.3 Å². The zero-order valence-electron chi connectivity index (χ0n) is 14.1. The Hall–Kier alpha value is -2.14. The van der Waals surface area contributed by atoms with E-state index in [1.807, 2.05) is 25.1 Å². The SMILES string of the molecule is Cc1cc(N)nc(CCc2cc(F)cc(NC3CCNCC3)c2)c1. The molecule has 128 valence electrons. The van der Waals surface area contributed by atoms with Gasteiger partial charge in [-0.2, -0.15) is 0 Å². The molecule has 24 heavy (non-hydrogen) atoms. The number of benzene rings is 1. The fourth-order valence-corrected chi connectivity index (χ4v) is 3.25. The van der Waals surface area contributed by atoms with Crippen LogP contribution in [-0.2, 0) is 12.8 Å². The van der Waals surface area contributed by atoms with Crippen molar-refractivity contribution < 1.29 is 4.39 Å². The molecule has 0 atom stereocenters.